The number of rotatable bonds is 6. The average molecular weight is 380 g/mol. The number of aryl methyl sites for hydroxylation is 1. The summed E-state index contributed by atoms with van der Waals surface area (Å²) in [5.41, 5.74) is 1.26. The summed E-state index contributed by atoms with van der Waals surface area (Å²) in [6, 6.07) is 16.9. The van der Waals surface area contributed by atoms with E-state index in [4.69, 9.17) is 9.47 Å². The van der Waals surface area contributed by atoms with Gasteiger partial charge in [-0.2, -0.15) is 4.39 Å². The van der Waals surface area contributed by atoms with Crippen molar-refractivity contribution in [2.24, 2.45) is 0 Å². The van der Waals surface area contributed by atoms with Crippen LogP contribution >= 0.6 is 0 Å². The van der Waals surface area contributed by atoms with Crippen molar-refractivity contribution in [2.75, 3.05) is 5.32 Å². The monoisotopic (exact) mass is 380 g/mol. The molecule has 0 atom stereocenters. The minimum atomic E-state index is -0.612. The summed E-state index contributed by atoms with van der Waals surface area (Å²) >= 11 is 0. The highest BCUT2D eigenvalue weighted by molar-refractivity contribution is 6.04. The maximum atomic E-state index is 13.1. The van der Waals surface area contributed by atoms with Crippen LogP contribution in [0.5, 0.6) is 17.2 Å². The van der Waals surface area contributed by atoms with E-state index in [1.165, 1.54) is 6.07 Å². The zero-order valence-corrected chi connectivity index (χ0v) is 15.9. The molecule has 5 nitrogen and oxygen atoms in total. The molecule has 3 aromatic rings. The first-order valence-corrected chi connectivity index (χ1v) is 8.90. The number of nitrogens with zero attached hydrogens (tertiary/aromatic N) is 1. The normalized spacial score (nSPS) is 10.6. The van der Waals surface area contributed by atoms with E-state index in [1.54, 1.807) is 31.2 Å². The third-order valence-electron chi connectivity index (χ3n) is 3.84. The first-order valence-electron chi connectivity index (χ1n) is 8.90. The van der Waals surface area contributed by atoms with Gasteiger partial charge in [-0.1, -0.05) is 0 Å². The van der Waals surface area contributed by atoms with E-state index >= 15 is 0 Å². The highest BCUT2D eigenvalue weighted by Gasteiger charge is 2.11. The number of nitrogens with one attached hydrogen (secondary N) is 1. The van der Waals surface area contributed by atoms with Crippen LogP contribution in [0.15, 0.2) is 60.7 Å². The van der Waals surface area contributed by atoms with Gasteiger partial charge in [-0.05, 0) is 81.4 Å². The van der Waals surface area contributed by atoms with E-state index < -0.39 is 5.95 Å². The molecule has 0 bridgehead atoms. The number of hydrogen-bond donors (Lipinski definition) is 1. The molecule has 0 spiro atoms. The first-order chi connectivity index (χ1) is 13.4. The van der Waals surface area contributed by atoms with Crippen molar-refractivity contribution in [1.29, 1.82) is 0 Å². The fraction of sp³-hybridized carbons (Fsp3) is 0.182. The fourth-order valence-electron chi connectivity index (χ4n) is 2.57. The second-order valence-corrected chi connectivity index (χ2v) is 6.49. The Balaban J connectivity index is 1.62. The number of aromatic nitrogens is 1. The van der Waals surface area contributed by atoms with Gasteiger partial charge >= 0.3 is 0 Å². The SMILES string of the molecule is Cc1nc(F)ccc1C(=O)Nc1ccc(Oc2ccc(OC(C)C)cc2)cc1. The van der Waals surface area contributed by atoms with Crippen molar-refractivity contribution >= 4 is 11.6 Å². The molecule has 2 aromatic carbocycles. The summed E-state index contributed by atoms with van der Waals surface area (Å²) in [5.74, 6) is 1.14. The molecule has 0 radical (unpaired) electrons. The second kappa shape index (κ2) is 8.52. The molecule has 0 aliphatic carbocycles. The summed E-state index contributed by atoms with van der Waals surface area (Å²) in [6.07, 6.45) is 0.115. The lowest BCUT2D eigenvalue weighted by molar-refractivity contribution is 0.102. The Morgan fingerprint density at radius 1 is 0.929 bits per heavy atom. The van der Waals surface area contributed by atoms with Crippen molar-refractivity contribution in [3.63, 3.8) is 0 Å². The molecule has 6 heteroatoms. The van der Waals surface area contributed by atoms with E-state index in [-0.39, 0.29) is 12.0 Å². The summed E-state index contributed by atoms with van der Waals surface area (Å²) in [5, 5.41) is 2.76. The van der Waals surface area contributed by atoms with Gasteiger partial charge < -0.3 is 14.8 Å². The quantitative estimate of drug-likeness (QED) is 0.585. The van der Waals surface area contributed by atoms with Crippen LogP contribution in [0, 0.1) is 12.9 Å². The van der Waals surface area contributed by atoms with E-state index in [9.17, 15) is 9.18 Å². The van der Waals surface area contributed by atoms with Gasteiger partial charge in [0.05, 0.1) is 17.4 Å². The van der Waals surface area contributed by atoms with Crippen molar-refractivity contribution in [3.8, 4) is 17.2 Å². The molecule has 0 aliphatic rings. The van der Waals surface area contributed by atoms with Crippen molar-refractivity contribution < 1.29 is 18.7 Å². The van der Waals surface area contributed by atoms with Crippen LogP contribution in [0.1, 0.15) is 29.9 Å². The van der Waals surface area contributed by atoms with Gasteiger partial charge in [-0.15, -0.1) is 0 Å². The number of ether oxygens (including phenoxy) is 2. The first kappa shape index (κ1) is 19.4. The topological polar surface area (TPSA) is 60.5 Å². The predicted molar refractivity (Wildman–Crippen MR) is 106 cm³/mol. The molecule has 1 amide bonds. The lowest BCUT2D eigenvalue weighted by Crippen LogP contribution is -2.14. The molecule has 0 unspecified atom stereocenters. The Kier molecular flexibility index (Phi) is 5.89. The molecular weight excluding hydrogens is 359 g/mol. The lowest BCUT2D eigenvalue weighted by atomic mass is 10.2. The van der Waals surface area contributed by atoms with Crippen LogP contribution in [0.2, 0.25) is 0 Å². The van der Waals surface area contributed by atoms with E-state index in [0.717, 1.165) is 11.8 Å². The molecular formula is C22H21FN2O3. The highest BCUT2D eigenvalue weighted by atomic mass is 19.1. The predicted octanol–water partition coefficient (Wildman–Crippen LogP) is 5.36. The molecule has 3 rings (SSSR count). The smallest absolute Gasteiger partial charge is 0.257 e. The van der Waals surface area contributed by atoms with Crippen LogP contribution in [-0.2, 0) is 0 Å². The number of carbonyl (C=O) groups is 1. The highest BCUT2D eigenvalue weighted by Crippen LogP contribution is 2.25. The van der Waals surface area contributed by atoms with Crippen LogP contribution in [-0.4, -0.2) is 17.0 Å². The Morgan fingerprint density at radius 2 is 1.50 bits per heavy atom. The molecule has 28 heavy (non-hydrogen) atoms. The van der Waals surface area contributed by atoms with Crippen molar-refractivity contribution in [3.05, 3.63) is 77.9 Å². The number of halogens is 1. The average Bonchev–Trinajstić information content (AvgIpc) is 2.64. The zero-order valence-electron chi connectivity index (χ0n) is 15.9. The third-order valence-corrected chi connectivity index (χ3v) is 3.84. The number of anilines is 1. The second-order valence-electron chi connectivity index (χ2n) is 6.49. The number of amides is 1. The van der Waals surface area contributed by atoms with Crippen molar-refractivity contribution in [2.45, 2.75) is 26.9 Å². The standard InChI is InChI=1S/C22H21FN2O3/c1-14(2)27-17-8-10-19(11-9-17)28-18-6-4-16(5-7-18)25-22(26)20-12-13-21(23)24-15(20)3/h4-14H,1-3H3,(H,25,26). The Bertz CT molecular complexity index is 955. The maximum absolute atomic E-state index is 13.1. The van der Waals surface area contributed by atoms with Crippen LogP contribution < -0.4 is 14.8 Å². The van der Waals surface area contributed by atoms with Gasteiger partial charge in [0.15, 0.2) is 0 Å². The molecule has 1 aromatic heterocycles. The van der Waals surface area contributed by atoms with E-state index in [1.807, 2.05) is 38.1 Å². The Labute approximate surface area is 163 Å². The van der Waals surface area contributed by atoms with Crippen LogP contribution in [0.25, 0.3) is 0 Å². The summed E-state index contributed by atoms with van der Waals surface area (Å²) in [6.45, 7) is 5.53. The largest absolute Gasteiger partial charge is 0.491 e. The van der Waals surface area contributed by atoms with Gasteiger partial charge in [-0.25, -0.2) is 4.98 Å². The molecule has 0 saturated heterocycles. The fourth-order valence-corrected chi connectivity index (χ4v) is 2.57. The van der Waals surface area contributed by atoms with E-state index in [0.29, 0.717) is 28.4 Å². The van der Waals surface area contributed by atoms with Crippen LogP contribution in [0.3, 0.4) is 0 Å². The third kappa shape index (κ3) is 5.07. The van der Waals surface area contributed by atoms with E-state index in [2.05, 4.69) is 10.3 Å². The number of hydrogen-bond acceptors (Lipinski definition) is 4. The van der Waals surface area contributed by atoms with Gasteiger partial charge in [0.2, 0.25) is 5.95 Å². The number of pyridine rings is 1. The van der Waals surface area contributed by atoms with Crippen LogP contribution in [0.4, 0.5) is 10.1 Å². The minimum Gasteiger partial charge on any atom is -0.491 e. The number of carbonyl (C=O) groups excluding carboxylic acids is 1. The molecule has 0 aliphatic heterocycles. The summed E-state index contributed by atoms with van der Waals surface area (Å²) < 4.78 is 24.5. The zero-order chi connectivity index (χ0) is 20.1. The maximum Gasteiger partial charge on any atom is 0.257 e. The lowest BCUT2D eigenvalue weighted by Gasteiger charge is -2.11. The van der Waals surface area contributed by atoms with Gasteiger partial charge in [0.1, 0.15) is 17.2 Å². The minimum absolute atomic E-state index is 0.115. The summed E-state index contributed by atoms with van der Waals surface area (Å²) in [7, 11) is 0. The molecule has 0 fully saturated rings. The molecule has 144 valence electrons. The summed E-state index contributed by atoms with van der Waals surface area (Å²) in [4.78, 5) is 16.0. The van der Waals surface area contributed by atoms with Gasteiger partial charge in [-0.3, -0.25) is 4.79 Å². The van der Waals surface area contributed by atoms with Crippen molar-refractivity contribution in [1.82, 2.24) is 4.98 Å². The Morgan fingerprint density at radius 3 is 2.07 bits per heavy atom. The van der Waals surface area contributed by atoms with Gasteiger partial charge in [0, 0.05) is 5.69 Å². The van der Waals surface area contributed by atoms with Gasteiger partial charge in [0.25, 0.3) is 5.91 Å². The number of benzene rings is 2. The molecule has 1 N–H and O–H groups in total. The Hall–Kier alpha value is -3.41. The molecule has 0 saturated carbocycles. The molecule has 1 heterocycles.